The molecule has 6 heteroatoms. The first-order chi connectivity index (χ1) is 34.0. The number of carbonyl (C=O) groups is 3. The van der Waals surface area contributed by atoms with E-state index in [-0.39, 0.29) is 37.5 Å². The van der Waals surface area contributed by atoms with Crippen LogP contribution in [-0.4, -0.2) is 37.2 Å². The zero-order valence-electron chi connectivity index (χ0n) is 45.6. The van der Waals surface area contributed by atoms with Crippen molar-refractivity contribution in [2.45, 2.75) is 297 Å². The normalized spacial score (nSPS) is 12.6. The number of unbranched alkanes of at least 4 members (excludes halogenated alkanes) is 30. The Morgan fingerprint density at radius 1 is 0.304 bits per heavy atom. The summed E-state index contributed by atoms with van der Waals surface area (Å²) in [7, 11) is 0. The molecule has 0 bridgehead atoms. The molecule has 69 heavy (non-hydrogen) atoms. The van der Waals surface area contributed by atoms with Gasteiger partial charge in [0.05, 0.1) is 0 Å². The van der Waals surface area contributed by atoms with Crippen molar-refractivity contribution >= 4 is 17.9 Å². The molecule has 0 radical (unpaired) electrons. The van der Waals surface area contributed by atoms with E-state index in [2.05, 4.69) is 93.7 Å². The quantitative estimate of drug-likeness (QED) is 0.0262. The Kier molecular flexibility index (Phi) is 54.8. The lowest BCUT2D eigenvalue weighted by atomic mass is 10.0. The zero-order valence-corrected chi connectivity index (χ0v) is 45.6. The first kappa shape index (κ1) is 65.8. The second kappa shape index (κ2) is 57.4. The van der Waals surface area contributed by atoms with Crippen LogP contribution in [0, 0.1) is 0 Å². The summed E-state index contributed by atoms with van der Waals surface area (Å²) < 4.78 is 16.8. The topological polar surface area (TPSA) is 78.9 Å². The first-order valence-electron chi connectivity index (χ1n) is 29.4. The Morgan fingerprint density at radius 2 is 0.580 bits per heavy atom. The van der Waals surface area contributed by atoms with Crippen LogP contribution >= 0.6 is 0 Å². The van der Waals surface area contributed by atoms with Crippen molar-refractivity contribution in [1.29, 1.82) is 0 Å². The maximum absolute atomic E-state index is 12.8. The van der Waals surface area contributed by atoms with Crippen molar-refractivity contribution in [3.8, 4) is 0 Å². The summed E-state index contributed by atoms with van der Waals surface area (Å²) in [6.45, 7) is 6.50. The minimum Gasteiger partial charge on any atom is -0.462 e. The van der Waals surface area contributed by atoms with Gasteiger partial charge in [-0.15, -0.1) is 0 Å². The molecule has 0 rings (SSSR count). The lowest BCUT2D eigenvalue weighted by Gasteiger charge is -2.18. The molecule has 0 aliphatic rings. The Hall–Kier alpha value is -3.15. The van der Waals surface area contributed by atoms with E-state index >= 15 is 0 Å². The van der Waals surface area contributed by atoms with Crippen molar-refractivity contribution in [3.05, 3.63) is 72.9 Å². The van der Waals surface area contributed by atoms with Crippen LogP contribution < -0.4 is 0 Å². The van der Waals surface area contributed by atoms with Gasteiger partial charge in [0.15, 0.2) is 6.10 Å². The second-order valence-corrected chi connectivity index (χ2v) is 19.5. The van der Waals surface area contributed by atoms with Crippen molar-refractivity contribution in [3.63, 3.8) is 0 Å². The Labute approximate surface area is 427 Å². The average Bonchev–Trinajstić information content (AvgIpc) is 3.35. The van der Waals surface area contributed by atoms with Gasteiger partial charge in [0.1, 0.15) is 13.2 Å². The van der Waals surface area contributed by atoms with Crippen molar-refractivity contribution in [2.75, 3.05) is 13.2 Å². The summed E-state index contributed by atoms with van der Waals surface area (Å²) in [6.07, 6.45) is 73.3. The summed E-state index contributed by atoms with van der Waals surface area (Å²) in [6, 6.07) is 0. The van der Waals surface area contributed by atoms with Gasteiger partial charge < -0.3 is 14.2 Å². The van der Waals surface area contributed by atoms with E-state index in [0.29, 0.717) is 19.3 Å². The molecular weight excluding hydrogens is 853 g/mol. The van der Waals surface area contributed by atoms with E-state index < -0.39 is 6.10 Å². The van der Waals surface area contributed by atoms with E-state index in [0.717, 1.165) is 77.0 Å². The molecule has 0 aliphatic heterocycles. The highest BCUT2D eigenvalue weighted by Gasteiger charge is 2.19. The average molecular weight is 964 g/mol. The first-order valence-corrected chi connectivity index (χ1v) is 29.4. The largest absolute Gasteiger partial charge is 0.462 e. The molecule has 398 valence electrons. The molecule has 0 aromatic rings. The number of ether oxygens (including phenoxy) is 3. The van der Waals surface area contributed by atoms with Gasteiger partial charge in [-0.05, 0) is 83.5 Å². The minimum atomic E-state index is -0.804. The highest BCUT2D eigenvalue weighted by atomic mass is 16.6. The Balaban J connectivity index is 4.43. The molecule has 0 N–H and O–H groups in total. The van der Waals surface area contributed by atoms with E-state index in [1.165, 1.54) is 167 Å². The standard InChI is InChI=1S/C63H110O6/c1-4-7-10-13-16-19-22-25-28-30-31-33-35-38-41-44-47-50-53-56-62(65)68-59-60(58-67-61(64)55-52-49-46-43-40-37-34-27-24-21-18-15-12-9-6-3)69-63(66)57-54-51-48-45-42-39-36-32-29-26-23-20-17-14-11-8-5-2/h8,11,17,20,25-26,28-29,36,39,45,48,60H,4-7,9-10,12-16,18-19,21-24,27,30-35,37-38,40-44,46-47,49-59H2,1-3H3/b11-8+,20-17+,28-25+,29-26+,39-36+,48-45+/t60-/m1/s1. The van der Waals surface area contributed by atoms with E-state index in [9.17, 15) is 14.4 Å². The van der Waals surface area contributed by atoms with Crippen LogP contribution in [0.25, 0.3) is 0 Å². The molecule has 0 amide bonds. The second-order valence-electron chi connectivity index (χ2n) is 19.5. The van der Waals surface area contributed by atoms with Gasteiger partial charge in [0.2, 0.25) is 0 Å². The smallest absolute Gasteiger partial charge is 0.306 e. The van der Waals surface area contributed by atoms with E-state index in [4.69, 9.17) is 14.2 Å². The van der Waals surface area contributed by atoms with Crippen molar-refractivity contribution < 1.29 is 28.6 Å². The highest BCUT2D eigenvalue weighted by Crippen LogP contribution is 2.16. The molecule has 0 aromatic heterocycles. The SMILES string of the molecule is CC/C=C/C/C=C/C/C=C/C/C=C/C/C=C/CCCC(=O)O[C@@H](COC(=O)CCCCCCCCCCC/C=C/CCCCCCCC)COC(=O)CCCCCCCCCCCCCCCCC. The molecule has 0 aliphatic carbocycles. The molecule has 0 saturated carbocycles. The third kappa shape index (κ3) is 55.6. The predicted molar refractivity (Wildman–Crippen MR) is 298 cm³/mol. The van der Waals surface area contributed by atoms with Crippen LogP contribution in [0.1, 0.15) is 290 Å². The van der Waals surface area contributed by atoms with Gasteiger partial charge in [-0.25, -0.2) is 0 Å². The molecule has 0 saturated heterocycles. The van der Waals surface area contributed by atoms with E-state index in [1.807, 2.05) is 0 Å². The Morgan fingerprint density at radius 3 is 0.942 bits per heavy atom. The van der Waals surface area contributed by atoms with Gasteiger partial charge in [-0.1, -0.05) is 261 Å². The van der Waals surface area contributed by atoms with Crippen LogP contribution in [0.3, 0.4) is 0 Å². The number of carbonyl (C=O) groups excluding carboxylic acids is 3. The van der Waals surface area contributed by atoms with Crippen molar-refractivity contribution in [1.82, 2.24) is 0 Å². The predicted octanol–water partition coefficient (Wildman–Crippen LogP) is 19.8. The van der Waals surface area contributed by atoms with E-state index in [1.54, 1.807) is 0 Å². The Bertz CT molecular complexity index is 1290. The maximum atomic E-state index is 12.8. The molecule has 0 aromatic carbocycles. The fraction of sp³-hybridized carbons (Fsp3) is 0.762. The highest BCUT2D eigenvalue weighted by molar-refractivity contribution is 5.71. The minimum absolute atomic E-state index is 0.0959. The van der Waals surface area contributed by atoms with Gasteiger partial charge >= 0.3 is 17.9 Å². The number of esters is 3. The van der Waals surface area contributed by atoms with Crippen LogP contribution in [0.2, 0.25) is 0 Å². The number of rotatable bonds is 53. The fourth-order valence-electron chi connectivity index (χ4n) is 8.30. The number of allylic oxidation sites excluding steroid dienone is 12. The number of hydrogen-bond acceptors (Lipinski definition) is 6. The third-order valence-corrected chi connectivity index (χ3v) is 12.7. The molecule has 0 unspecified atom stereocenters. The van der Waals surface area contributed by atoms with Gasteiger partial charge in [0, 0.05) is 19.3 Å². The summed E-state index contributed by atoms with van der Waals surface area (Å²) in [5, 5.41) is 0. The van der Waals surface area contributed by atoms with Gasteiger partial charge in [0.25, 0.3) is 0 Å². The summed E-state index contributed by atoms with van der Waals surface area (Å²) in [4.78, 5) is 38.2. The van der Waals surface area contributed by atoms with Gasteiger partial charge in [-0.3, -0.25) is 14.4 Å². The lowest BCUT2D eigenvalue weighted by Crippen LogP contribution is -2.30. The van der Waals surface area contributed by atoms with Crippen LogP contribution in [0.5, 0.6) is 0 Å². The molecule has 1 atom stereocenters. The summed E-state index contributed by atoms with van der Waals surface area (Å²) >= 11 is 0. The fourth-order valence-corrected chi connectivity index (χ4v) is 8.30. The molecule has 0 fully saturated rings. The molecule has 6 nitrogen and oxygen atoms in total. The summed E-state index contributed by atoms with van der Waals surface area (Å²) in [5.74, 6) is -0.946. The third-order valence-electron chi connectivity index (χ3n) is 12.7. The van der Waals surface area contributed by atoms with Gasteiger partial charge in [-0.2, -0.15) is 0 Å². The molecule has 0 spiro atoms. The van der Waals surface area contributed by atoms with Crippen LogP contribution in [0.15, 0.2) is 72.9 Å². The monoisotopic (exact) mass is 963 g/mol. The summed E-state index contributed by atoms with van der Waals surface area (Å²) in [5.41, 5.74) is 0. The maximum Gasteiger partial charge on any atom is 0.306 e. The molecule has 0 heterocycles. The number of hydrogen-bond donors (Lipinski definition) is 0. The van der Waals surface area contributed by atoms with Crippen molar-refractivity contribution in [2.24, 2.45) is 0 Å². The molecular formula is C63H110O6. The van der Waals surface area contributed by atoms with Crippen LogP contribution in [0.4, 0.5) is 0 Å². The van der Waals surface area contributed by atoms with Crippen LogP contribution in [-0.2, 0) is 28.6 Å². The lowest BCUT2D eigenvalue weighted by molar-refractivity contribution is -0.167. The zero-order chi connectivity index (χ0) is 50.0.